The lowest BCUT2D eigenvalue weighted by Gasteiger charge is -2.26. The molecule has 0 atom stereocenters. The van der Waals surface area contributed by atoms with Crippen LogP contribution in [-0.4, -0.2) is 18.2 Å². The van der Waals surface area contributed by atoms with Crippen LogP contribution in [0.15, 0.2) is 18.2 Å². The second kappa shape index (κ2) is 4.44. The number of rotatable bonds is 1. The standard InChI is InChI=1S/C11H9Cl2NO2/c12-9-3-1-7(5-10(9)13)14-6-8(15)2-4-11(14)16/h1,3,5H,2,4,6H2. The lowest BCUT2D eigenvalue weighted by atomic mass is 10.1. The minimum Gasteiger partial charge on any atom is -0.305 e. The number of anilines is 1. The summed E-state index contributed by atoms with van der Waals surface area (Å²) in [6, 6.07) is 4.90. The van der Waals surface area contributed by atoms with Crippen molar-refractivity contribution in [2.45, 2.75) is 12.8 Å². The van der Waals surface area contributed by atoms with Gasteiger partial charge in [-0.25, -0.2) is 0 Å². The van der Waals surface area contributed by atoms with Crippen molar-refractivity contribution in [1.29, 1.82) is 0 Å². The van der Waals surface area contributed by atoms with E-state index in [0.717, 1.165) is 0 Å². The predicted octanol–water partition coefficient (Wildman–Crippen LogP) is 2.69. The van der Waals surface area contributed by atoms with E-state index in [-0.39, 0.29) is 24.7 Å². The lowest BCUT2D eigenvalue weighted by molar-refractivity contribution is -0.127. The molecule has 1 heterocycles. The van der Waals surface area contributed by atoms with Crippen LogP contribution in [0.4, 0.5) is 5.69 Å². The van der Waals surface area contributed by atoms with Crippen molar-refractivity contribution in [3.63, 3.8) is 0 Å². The summed E-state index contributed by atoms with van der Waals surface area (Å²) >= 11 is 11.6. The number of amides is 1. The first kappa shape index (κ1) is 11.4. The van der Waals surface area contributed by atoms with Gasteiger partial charge in [0.1, 0.15) is 0 Å². The maximum atomic E-state index is 11.6. The summed E-state index contributed by atoms with van der Waals surface area (Å²) in [6.45, 7) is 0.122. The van der Waals surface area contributed by atoms with Crippen LogP contribution in [-0.2, 0) is 9.59 Å². The summed E-state index contributed by atoms with van der Waals surface area (Å²) in [4.78, 5) is 24.4. The number of hydrogen-bond acceptors (Lipinski definition) is 2. The molecule has 1 saturated heterocycles. The Morgan fingerprint density at radius 1 is 1.06 bits per heavy atom. The third-order valence-corrected chi connectivity index (χ3v) is 3.21. The molecule has 0 saturated carbocycles. The van der Waals surface area contributed by atoms with E-state index < -0.39 is 0 Å². The number of Topliss-reactive ketones (excluding diaryl/α,β-unsaturated/α-hetero) is 1. The molecule has 0 aliphatic carbocycles. The molecule has 0 spiro atoms. The molecule has 84 valence electrons. The highest BCUT2D eigenvalue weighted by atomic mass is 35.5. The van der Waals surface area contributed by atoms with Gasteiger partial charge in [-0.1, -0.05) is 23.2 Å². The van der Waals surface area contributed by atoms with E-state index in [1.165, 1.54) is 4.90 Å². The summed E-state index contributed by atoms with van der Waals surface area (Å²) in [6.07, 6.45) is 0.593. The highest BCUT2D eigenvalue weighted by Gasteiger charge is 2.25. The summed E-state index contributed by atoms with van der Waals surface area (Å²) in [5.74, 6) is 0.00339. The molecule has 0 radical (unpaired) electrons. The van der Waals surface area contributed by atoms with Crippen LogP contribution in [0.3, 0.4) is 0 Å². The molecule has 0 aromatic heterocycles. The zero-order valence-corrected chi connectivity index (χ0v) is 9.88. The first-order chi connectivity index (χ1) is 7.58. The Bertz CT molecular complexity index is 459. The van der Waals surface area contributed by atoms with Crippen LogP contribution in [0.2, 0.25) is 10.0 Å². The maximum absolute atomic E-state index is 11.6. The van der Waals surface area contributed by atoms with Gasteiger partial charge in [0, 0.05) is 18.5 Å². The Hall–Kier alpha value is -1.06. The van der Waals surface area contributed by atoms with Gasteiger partial charge in [-0.3, -0.25) is 9.59 Å². The number of benzene rings is 1. The van der Waals surface area contributed by atoms with Crippen LogP contribution in [0.1, 0.15) is 12.8 Å². The summed E-state index contributed by atoms with van der Waals surface area (Å²) < 4.78 is 0. The van der Waals surface area contributed by atoms with E-state index in [1.807, 2.05) is 0 Å². The Balaban J connectivity index is 2.31. The van der Waals surface area contributed by atoms with Crippen molar-refractivity contribution in [3.05, 3.63) is 28.2 Å². The van der Waals surface area contributed by atoms with Gasteiger partial charge in [0.25, 0.3) is 0 Å². The van der Waals surface area contributed by atoms with Gasteiger partial charge in [-0.2, -0.15) is 0 Å². The molecule has 5 heteroatoms. The molecule has 2 rings (SSSR count). The molecule has 1 fully saturated rings. The van der Waals surface area contributed by atoms with E-state index in [9.17, 15) is 9.59 Å². The van der Waals surface area contributed by atoms with Gasteiger partial charge in [-0.05, 0) is 18.2 Å². The number of nitrogens with zero attached hydrogens (tertiary/aromatic N) is 1. The van der Waals surface area contributed by atoms with Crippen LogP contribution in [0.25, 0.3) is 0 Å². The number of ketones is 1. The van der Waals surface area contributed by atoms with Gasteiger partial charge in [-0.15, -0.1) is 0 Å². The Labute approximate surface area is 103 Å². The number of piperidine rings is 1. The second-order valence-corrected chi connectivity index (χ2v) is 4.43. The van der Waals surface area contributed by atoms with Crippen molar-refractivity contribution < 1.29 is 9.59 Å². The summed E-state index contributed by atoms with van der Waals surface area (Å²) in [5, 5.41) is 0.811. The van der Waals surface area contributed by atoms with E-state index in [2.05, 4.69) is 0 Å². The fraction of sp³-hybridized carbons (Fsp3) is 0.273. The minimum atomic E-state index is -0.0574. The Morgan fingerprint density at radius 2 is 1.81 bits per heavy atom. The van der Waals surface area contributed by atoms with Gasteiger partial charge in [0.2, 0.25) is 5.91 Å². The molecule has 0 bridgehead atoms. The lowest BCUT2D eigenvalue weighted by Crippen LogP contribution is -2.40. The quantitative estimate of drug-likeness (QED) is 0.776. The smallest absolute Gasteiger partial charge is 0.227 e. The number of carbonyl (C=O) groups excluding carboxylic acids is 2. The van der Waals surface area contributed by atoms with Gasteiger partial charge >= 0.3 is 0 Å². The molecule has 3 nitrogen and oxygen atoms in total. The van der Waals surface area contributed by atoms with Crippen molar-refractivity contribution in [1.82, 2.24) is 0 Å². The van der Waals surface area contributed by atoms with Gasteiger partial charge in [0.15, 0.2) is 5.78 Å². The monoisotopic (exact) mass is 257 g/mol. The van der Waals surface area contributed by atoms with E-state index in [1.54, 1.807) is 18.2 Å². The average molecular weight is 258 g/mol. The molecule has 1 aliphatic rings. The zero-order valence-electron chi connectivity index (χ0n) is 8.37. The molecule has 0 N–H and O–H groups in total. The van der Waals surface area contributed by atoms with Crippen molar-refractivity contribution in [3.8, 4) is 0 Å². The normalized spacial score (nSPS) is 16.8. The first-order valence-electron chi connectivity index (χ1n) is 4.85. The summed E-state index contributed by atoms with van der Waals surface area (Å²) in [5.41, 5.74) is 0.618. The molecule has 1 aliphatic heterocycles. The number of carbonyl (C=O) groups is 2. The molecular weight excluding hydrogens is 249 g/mol. The van der Waals surface area contributed by atoms with Crippen LogP contribution < -0.4 is 4.90 Å². The third kappa shape index (κ3) is 2.20. The van der Waals surface area contributed by atoms with Crippen molar-refractivity contribution in [2.24, 2.45) is 0 Å². The fourth-order valence-electron chi connectivity index (χ4n) is 1.61. The van der Waals surface area contributed by atoms with E-state index in [0.29, 0.717) is 22.2 Å². The van der Waals surface area contributed by atoms with Gasteiger partial charge < -0.3 is 4.90 Å². The van der Waals surface area contributed by atoms with Gasteiger partial charge in [0.05, 0.1) is 16.6 Å². The highest BCUT2D eigenvalue weighted by molar-refractivity contribution is 6.42. The van der Waals surface area contributed by atoms with Crippen molar-refractivity contribution in [2.75, 3.05) is 11.4 Å². The molecule has 1 aromatic rings. The van der Waals surface area contributed by atoms with E-state index >= 15 is 0 Å². The molecule has 16 heavy (non-hydrogen) atoms. The Morgan fingerprint density at radius 3 is 2.50 bits per heavy atom. The van der Waals surface area contributed by atoms with Crippen molar-refractivity contribution >= 4 is 40.6 Å². The molecular formula is C11H9Cl2NO2. The topological polar surface area (TPSA) is 37.4 Å². The molecule has 1 aromatic carbocycles. The fourth-order valence-corrected chi connectivity index (χ4v) is 1.91. The molecule has 1 amide bonds. The molecule has 0 unspecified atom stereocenters. The second-order valence-electron chi connectivity index (χ2n) is 3.62. The highest BCUT2D eigenvalue weighted by Crippen LogP contribution is 2.28. The summed E-state index contributed by atoms with van der Waals surface area (Å²) in [7, 11) is 0. The van der Waals surface area contributed by atoms with Crippen LogP contribution in [0.5, 0.6) is 0 Å². The average Bonchev–Trinajstić information content (AvgIpc) is 2.26. The zero-order chi connectivity index (χ0) is 11.7. The number of halogens is 2. The SMILES string of the molecule is O=C1CCC(=O)N(c2ccc(Cl)c(Cl)c2)C1. The van der Waals surface area contributed by atoms with E-state index in [4.69, 9.17) is 23.2 Å². The Kier molecular flexibility index (Phi) is 3.17. The maximum Gasteiger partial charge on any atom is 0.227 e. The van der Waals surface area contributed by atoms with Crippen LogP contribution >= 0.6 is 23.2 Å². The predicted molar refractivity (Wildman–Crippen MR) is 63.1 cm³/mol. The third-order valence-electron chi connectivity index (χ3n) is 2.47. The largest absolute Gasteiger partial charge is 0.305 e. The van der Waals surface area contributed by atoms with Crippen LogP contribution in [0, 0.1) is 0 Å². The number of hydrogen-bond donors (Lipinski definition) is 0. The minimum absolute atomic E-state index is 0.0574. The first-order valence-corrected chi connectivity index (χ1v) is 5.60.